The van der Waals surface area contributed by atoms with Crippen LogP contribution in [0, 0.1) is 11.8 Å². The van der Waals surface area contributed by atoms with Crippen molar-refractivity contribution in [1.82, 2.24) is 4.90 Å². The minimum Gasteiger partial charge on any atom is -0.302 e. The van der Waals surface area contributed by atoms with Crippen LogP contribution in [0.5, 0.6) is 0 Å². The molecular formula is C10H19N. The molecule has 11 heavy (non-hydrogen) atoms. The predicted molar refractivity (Wildman–Crippen MR) is 49.6 cm³/mol. The number of hydrogen-bond donors (Lipinski definition) is 0. The van der Waals surface area contributed by atoms with Gasteiger partial charge in [0.1, 0.15) is 0 Å². The van der Waals surface area contributed by atoms with Crippen molar-refractivity contribution in [3.8, 4) is 0 Å². The summed E-state index contributed by atoms with van der Waals surface area (Å²) in [6.07, 6.45) is 3.15. The van der Waals surface area contributed by atoms with Gasteiger partial charge in [0.15, 0.2) is 0 Å². The first-order valence-corrected chi connectivity index (χ1v) is 4.57. The molecule has 1 fully saturated rings. The van der Waals surface area contributed by atoms with Crippen molar-refractivity contribution in [2.24, 2.45) is 11.8 Å². The smallest absolute Gasteiger partial charge is 0.00160 e. The summed E-state index contributed by atoms with van der Waals surface area (Å²) in [5.74, 6) is 1.78. The molecule has 0 aromatic rings. The van der Waals surface area contributed by atoms with Gasteiger partial charge in [-0.05, 0) is 18.3 Å². The van der Waals surface area contributed by atoms with Crippen LogP contribution in [0.3, 0.4) is 0 Å². The maximum atomic E-state index is 3.73. The average molecular weight is 153 g/mol. The molecular weight excluding hydrogens is 134 g/mol. The Balaban J connectivity index is 2.23. The Kier molecular flexibility index (Phi) is 3.13. The summed E-state index contributed by atoms with van der Waals surface area (Å²) in [6, 6.07) is 0. The molecule has 0 saturated carbocycles. The van der Waals surface area contributed by atoms with Crippen LogP contribution in [0.25, 0.3) is 0 Å². The maximum Gasteiger partial charge on any atom is 0.00160 e. The van der Waals surface area contributed by atoms with Crippen LogP contribution in [0.4, 0.5) is 0 Å². The Labute approximate surface area is 70.1 Å². The first-order valence-electron chi connectivity index (χ1n) is 4.57. The van der Waals surface area contributed by atoms with Gasteiger partial charge < -0.3 is 4.90 Å². The summed E-state index contributed by atoms with van der Waals surface area (Å²) in [5, 5.41) is 0. The summed E-state index contributed by atoms with van der Waals surface area (Å²) < 4.78 is 0. The summed E-state index contributed by atoms with van der Waals surface area (Å²) in [7, 11) is 0. The zero-order chi connectivity index (χ0) is 8.27. The highest BCUT2D eigenvalue weighted by Crippen LogP contribution is 2.21. The lowest BCUT2D eigenvalue weighted by Gasteiger charge is -2.12. The number of likely N-dealkylation sites (tertiary alicyclic amines) is 1. The molecule has 0 spiro atoms. The van der Waals surface area contributed by atoms with Gasteiger partial charge >= 0.3 is 0 Å². The number of rotatable bonds is 3. The van der Waals surface area contributed by atoms with Crippen molar-refractivity contribution in [1.29, 1.82) is 0 Å². The Morgan fingerprint density at radius 1 is 1.36 bits per heavy atom. The normalized spacial score (nSPS) is 32.5. The molecule has 1 heterocycles. The first-order chi connectivity index (χ1) is 5.24. The zero-order valence-electron chi connectivity index (χ0n) is 7.71. The van der Waals surface area contributed by atoms with Gasteiger partial charge in [-0.3, -0.25) is 0 Å². The van der Waals surface area contributed by atoms with Gasteiger partial charge in [-0.25, -0.2) is 0 Å². The van der Waals surface area contributed by atoms with E-state index in [1.54, 1.807) is 0 Å². The van der Waals surface area contributed by atoms with Crippen molar-refractivity contribution in [3.63, 3.8) is 0 Å². The molecule has 1 rings (SSSR count). The van der Waals surface area contributed by atoms with Crippen molar-refractivity contribution in [2.45, 2.75) is 20.3 Å². The topological polar surface area (TPSA) is 3.24 Å². The van der Waals surface area contributed by atoms with E-state index in [1.807, 2.05) is 6.08 Å². The monoisotopic (exact) mass is 153 g/mol. The summed E-state index contributed by atoms with van der Waals surface area (Å²) >= 11 is 0. The number of nitrogens with zero attached hydrogens (tertiary/aromatic N) is 1. The second-order valence-electron chi connectivity index (χ2n) is 3.79. The molecule has 0 radical (unpaired) electrons. The van der Waals surface area contributed by atoms with Crippen LogP contribution in [0.1, 0.15) is 20.3 Å². The summed E-state index contributed by atoms with van der Waals surface area (Å²) in [5.41, 5.74) is 0. The molecule has 0 amide bonds. The molecule has 0 bridgehead atoms. The molecule has 1 nitrogen and oxygen atoms in total. The molecule has 1 aliphatic heterocycles. The minimum absolute atomic E-state index is 0.889. The van der Waals surface area contributed by atoms with Crippen LogP contribution in [0.2, 0.25) is 0 Å². The van der Waals surface area contributed by atoms with Crippen LogP contribution < -0.4 is 0 Å². The van der Waals surface area contributed by atoms with E-state index in [0.717, 1.165) is 18.3 Å². The lowest BCUT2D eigenvalue weighted by atomic mass is 10.0. The lowest BCUT2D eigenvalue weighted by molar-refractivity contribution is 0.330. The Morgan fingerprint density at radius 2 is 1.91 bits per heavy atom. The molecule has 1 saturated heterocycles. The number of hydrogen-bond acceptors (Lipinski definition) is 1. The maximum absolute atomic E-state index is 3.73. The highest BCUT2D eigenvalue weighted by Gasteiger charge is 2.24. The van der Waals surface area contributed by atoms with Gasteiger partial charge in [0.25, 0.3) is 0 Å². The van der Waals surface area contributed by atoms with Crippen molar-refractivity contribution >= 4 is 0 Å². The molecule has 0 aliphatic carbocycles. The molecule has 2 atom stereocenters. The van der Waals surface area contributed by atoms with Gasteiger partial charge in [-0.15, -0.1) is 6.58 Å². The van der Waals surface area contributed by atoms with E-state index in [0.29, 0.717) is 0 Å². The van der Waals surface area contributed by atoms with E-state index in [-0.39, 0.29) is 0 Å². The molecule has 2 unspecified atom stereocenters. The highest BCUT2D eigenvalue weighted by atomic mass is 15.1. The largest absolute Gasteiger partial charge is 0.302 e. The standard InChI is InChI=1S/C10H19N/c1-4-5-6-11-7-9(2)10(3)8-11/h4,9-10H,1,5-8H2,2-3H3. The van der Waals surface area contributed by atoms with Crippen LogP contribution in [0.15, 0.2) is 12.7 Å². The van der Waals surface area contributed by atoms with Gasteiger partial charge in [0.05, 0.1) is 0 Å². The fourth-order valence-electron chi connectivity index (χ4n) is 1.71. The van der Waals surface area contributed by atoms with E-state index in [9.17, 15) is 0 Å². The van der Waals surface area contributed by atoms with Crippen LogP contribution in [-0.4, -0.2) is 24.5 Å². The fourth-order valence-corrected chi connectivity index (χ4v) is 1.71. The highest BCUT2D eigenvalue weighted by molar-refractivity contribution is 4.80. The summed E-state index contributed by atoms with van der Waals surface area (Å²) in [6.45, 7) is 12.2. The molecule has 0 aromatic carbocycles. The summed E-state index contributed by atoms with van der Waals surface area (Å²) in [4.78, 5) is 2.54. The van der Waals surface area contributed by atoms with E-state index in [4.69, 9.17) is 0 Å². The average Bonchev–Trinajstić information content (AvgIpc) is 2.28. The molecule has 1 heteroatoms. The second-order valence-corrected chi connectivity index (χ2v) is 3.79. The van der Waals surface area contributed by atoms with Gasteiger partial charge in [0, 0.05) is 19.6 Å². The SMILES string of the molecule is C=CCCN1CC(C)C(C)C1. The van der Waals surface area contributed by atoms with E-state index in [2.05, 4.69) is 25.3 Å². The molecule has 0 N–H and O–H groups in total. The Bertz CT molecular complexity index is 121. The quantitative estimate of drug-likeness (QED) is 0.562. The third kappa shape index (κ3) is 2.33. The molecule has 1 aliphatic rings. The fraction of sp³-hybridized carbons (Fsp3) is 0.800. The predicted octanol–water partition coefficient (Wildman–Crippen LogP) is 2.15. The van der Waals surface area contributed by atoms with Gasteiger partial charge in [-0.1, -0.05) is 19.9 Å². The molecule has 64 valence electrons. The molecule has 0 aromatic heterocycles. The van der Waals surface area contributed by atoms with E-state index in [1.165, 1.54) is 19.6 Å². The van der Waals surface area contributed by atoms with E-state index < -0.39 is 0 Å². The first kappa shape index (κ1) is 8.79. The van der Waals surface area contributed by atoms with Crippen molar-refractivity contribution < 1.29 is 0 Å². The third-order valence-electron chi connectivity index (χ3n) is 2.71. The Morgan fingerprint density at radius 3 is 2.36 bits per heavy atom. The second kappa shape index (κ2) is 3.91. The lowest BCUT2D eigenvalue weighted by Crippen LogP contribution is -2.21. The van der Waals surface area contributed by atoms with Crippen molar-refractivity contribution in [3.05, 3.63) is 12.7 Å². The van der Waals surface area contributed by atoms with Crippen LogP contribution in [-0.2, 0) is 0 Å². The Hall–Kier alpha value is -0.300. The minimum atomic E-state index is 0.889. The van der Waals surface area contributed by atoms with Crippen molar-refractivity contribution in [2.75, 3.05) is 19.6 Å². The van der Waals surface area contributed by atoms with Gasteiger partial charge in [-0.2, -0.15) is 0 Å². The van der Waals surface area contributed by atoms with Gasteiger partial charge in [0.2, 0.25) is 0 Å². The van der Waals surface area contributed by atoms with Crippen LogP contribution >= 0.6 is 0 Å². The third-order valence-corrected chi connectivity index (χ3v) is 2.71. The zero-order valence-corrected chi connectivity index (χ0v) is 7.71. The van der Waals surface area contributed by atoms with E-state index >= 15 is 0 Å².